The highest BCUT2D eigenvalue weighted by Gasteiger charge is 2.28. The number of anilines is 4. The number of esters is 4. The van der Waals surface area contributed by atoms with E-state index in [0.29, 0.717) is 62.9 Å². The van der Waals surface area contributed by atoms with Crippen molar-refractivity contribution in [1.29, 1.82) is 0 Å². The van der Waals surface area contributed by atoms with E-state index >= 15 is 0 Å². The summed E-state index contributed by atoms with van der Waals surface area (Å²) < 4.78 is 47.4. The third kappa shape index (κ3) is 35.4. The second kappa shape index (κ2) is 49.4. The number of para-hydroxylation sites is 2. The molecule has 2 aromatic carbocycles. The van der Waals surface area contributed by atoms with Crippen LogP contribution >= 0.6 is 23.6 Å². The number of methoxy groups -OCH3 is 2. The number of nitrogens with one attached hydrogen (secondary N) is 6. The lowest BCUT2D eigenvalue weighted by atomic mass is 10.2. The summed E-state index contributed by atoms with van der Waals surface area (Å²) in [5.74, 6) is -5.48. The summed E-state index contributed by atoms with van der Waals surface area (Å²) in [7, 11) is 12.3. The fourth-order valence-corrected chi connectivity index (χ4v) is 10.3. The molecule has 0 aliphatic heterocycles. The van der Waals surface area contributed by atoms with Gasteiger partial charge in [-0.25, -0.2) is 74.3 Å². The molecule has 0 spiro atoms. The number of aryl methyl sites for hydroxylation is 6. The van der Waals surface area contributed by atoms with Gasteiger partial charge in [0.15, 0.2) is 5.82 Å². The SMILES string of the molecule is CC(C)(C)OC(=O)Nc1c[nH]c(C(=O)O)c1.CCOC(=O)c1nc([N+](=O)[O-])cn1C.CCOC(=O)c1nc([N-]Cl)cn1C.COC(=O)c1cc([N+](=O)[O-])c[nH]1.COC(=O)c1cc([N-]Cl)cn1C.Cn1cc(NC(=O)OC(C)(C)C)cc1C(=O)O.Cn1cc(NC(=O)OC(C)(C)C)cc1C(=O)On1nnc2ccccc21.Cn1cc(NC(=O)OC(C)(C)C)nc1C(=O)On1nnc2ccccc21. The van der Waals surface area contributed by atoms with E-state index in [1.54, 1.807) is 204 Å². The Morgan fingerprint density at radius 2 is 0.860 bits per heavy atom. The first kappa shape index (κ1) is 110. The van der Waals surface area contributed by atoms with Crippen LogP contribution in [0.5, 0.6) is 0 Å². The van der Waals surface area contributed by atoms with E-state index in [0.717, 1.165) is 28.2 Å². The maximum atomic E-state index is 12.4. The molecule has 0 radical (unpaired) electrons. The molecule has 12 rings (SSSR count). The van der Waals surface area contributed by atoms with Gasteiger partial charge in [0.1, 0.15) is 85.0 Å². The number of benzene rings is 2. The number of nitrogens with zero attached hydrogens (tertiary/aromatic N) is 19. The number of carbonyl (C=O) groups is 12. The van der Waals surface area contributed by atoms with Crippen LogP contribution in [0.25, 0.3) is 31.7 Å². The summed E-state index contributed by atoms with van der Waals surface area (Å²) in [5, 5.41) is 63.3. The van der Waals surface area contributed by atoms with Gasteiger partial charge in [0.2, 0.25) is 5.82 Å². The van der Waals surface area contributed by atoms with Gasteiger partial charge < -0.3 is 120 Å². The summed E-state index contributed by atoms with van der Waals surface area (Å²) in [6, 6.07) is 21.0. The van der Waals surface area contributed by atoms with Crippen LogP contribution in [0.1, 0.15) is 181 Å². The van der Waals surface area contributed by atoms with Gasteiger partial charge in [-0.3, -0.25) is 31.4 Å². The number of hydrogen-bond acceptors (Lipinski definition) is 33. The van der Waals surface area contributed by atoms with Crippen molar-refractivity contribution < 1.29 is 125 Å². The van der Waals surface area contributed by atoms with E-state index < -0.39 is 104 Å². The molecule has 0 aliphatic carbocycles. The van der Waals surface area contributed by atoms with Gasteiger partial charge in [0.05, 0.1) is 55.6 Å². The number of imidazole rings is 3. The van der Waals surface area contributed by atoms with Crippen LogP contribution in [0.3, 0.4) is 0 Å². The van der Waals surface area contributed by atoms with Crippen molar-refractivity contribution in [2.24, 2.45) is 42.3 Å². The first-order valence-electron chi connectivity index (χ1n) is 39.4. The van der Waals surface area contributed by atoms with Crippen LogP contribution in [0, 0.1) is 20.2 Å². The molecule has 732 valence electrons. The van der Waals surface area contributed by atoms with Gasteiger partial charge >= 0.3 is 83.8 Å². The summed E-state index contributed by atoms with van der Waals surface area (Å²) in [5.41, 5.74) is 2.25. The van der Waals surface area contributed by atoms with Gasteiger partial charge in [-0.05, 0) is 178 Å². The van der Waals surface area contributed by atoms with Crippen LogP contribution < -0.4 is 30.9 Å². The Labute approximate surface area is 782 Å². The maximum absolute atomic E-state index is 12.4. The number of carboxylic acids is 2. The Balaban J connectivity index is 0.000000280. The number of aromatic amines is 2. The predicted octanol–water partition coefficient (Wildman–Crippen LogP) is 13.2. The number of rotatable bonds is 20. The molecule has 55 heteroatoms. The van der Waals surface area contributed by atoms with Crippen molar-refractivity contribution in [3.63, 3.8) is 0 Å². The normalized spacial score (nSPS) is 10.6. The number of fused-ring (bicyclic) bond motifs is 2. The van der Waals surface area contributed by atoms with Gasteiger partial charge in [-0.2, -0.15) is 0 Å². The molecule has 8 N–H and O–H groups in total. The van der Waals surface area contributed by atoms with Crippen molar-refractivity contribution in [2.75, 3.05) is 48.7 Å². The second-order valence-electron chi connectivity index (χ2n) is 31.2. The lowest BCUT2D eigenvalue weighted by Gasteiger charge is -2.19. The van der Waals surface area contributed by atoms with E-state index in [1.165, 1.54) is 80.9 Å². The quantitative estimate of drug-likeness (QED) is 0.0115. The number of aromatic carboxylic acids is 2. The lowest BCUT2D eigenvalue weighted by Crippen LogP contribution is -2.27. The zero-order valence-electron chi connectivity index (χ0n) is 77.3. The molecule has 10 heterocycles. The predicted molar refractivity (Wildman–Crippen MR) is 483 cm³/mol. The molecule has 10 aromatic heterocycles. The van der Waals surface area contributed by atoms with E-state index in [9.17, 15) is 77.8 Å². The van der Waals surface area contributed by atoms with Gasteiger partial charge in [0.25, 0.3) is 5.69 Å². The highest BCUT2D eigenvalue weighted by atomic mass is 35.5. The molecule has 0 aliphatic rings. The van der Waals surface area contributed by atoms with E-state index in [1.807, 2.05) is 6.07 Å². The number of carboxylic acid groups (broad SMARTS) is 2. The minimum atomic E-state index is -1.09. The molecule has 0 fully saturated rings. The van der Waals surface area contributed by atoms with Crippen molar-refractivity contribution in [2.45, 2.75) is 119 Å². The van der Waals surface area contributed by atoms with E-state index in [2.05, 4.69) is 90.7 Å². The van der Waals surface area contributed by atoms with Gasteiger partial charge in [-0.1, -0.05) is 34.0 Å². The Morgan fingerprint density at radius 1 is 0.441 bits per heavy atom. The lowest BCUT2D eigenvalue weighted by molar-refractivity contribution is -0.389. The van der Waals surface area contributed by atoms with Gasteiger partial charge in [0, 0.05) is 79.3 Å². The summed E-state index contributed by atoms with van der Waals surface area (Å²) >= 11 is 10.4. The zero-order chi connectivity index (χ0) is 102. The number of halogens is 2. The molecule has 0 unspecified atom stereocenters. The zero-order valence-corrected chi connectivity index (χ0v) is 78.8. The molecule has 0 atom stereocenters. The summed E-state index contributed by atoms with van der Waals surface area (Å²) in [4.78, 5) is 192. The smallest absolute Gasteiger partial charge is 0.413 e. The molecular weight excluding hydrogens is 1840 g/mol. The number of H-pyrrole nitrogens is 2. The highest BCUT2D eigenvalue weighted by Crippen LogP contribution is 2.26. The number of hydrogen-bond donors (Lipinski definition) is 8. The minimum absolute atomic E-state index is 0.00561. The van der Waals surface area contributed by atoms with Crippen molar-refractivity contribution in [3.8, 4) is 0 Å². The Morgan fingerprint density at radius 3 is 1.26 bits per heavy atom. The molecule has 0 saturated heterocycles. The topological polar surface area (TPSA) is 661 Å². The minimum Gasteiger partial charge on any atom is -0.600 e. The summed E-state index contributed by atoms with van der Waals surface area (Å²) in [6.07, 6.45) is 8.91. The molecule has 0 saturated carbocycles. The van der Waals surface area contributed by atoms with E-state index in [4.69, 9.17) is 67.1 Å². The number of aromatic nitrogens is 17. The fourth-order valence-electron chi connectivity index (χ4n) is 10.2. The van der Waals surface area contributed by atoms with E-state index in [-0.39, 0.29) is 64.2 Å². The third-order valence-corrected chi connectivity index (χ3v) is 16.0. The Kier molecular flexibility index (Phi) is 39.8. The number of ether oxygens (including phenoxy) is 8. The number of carbonyl (C=O) groups excluding carboxylic acids is 10. The van der Waals surface area contributed by atoms with Gasteiger partial charge in [-0.15, -0.1) is 27.7 Å². The molecule has 12 aromatic rings. The first-order chi connectivity index (χ1) is 63.5. The first-order valence-corrected chi connectivity index (χ1v) is 40.1. The molecule has 0 bridgehead atoms. The standard InChI is InChI=1S/C17H19N5O4.C16H18N6O4.C11H16N2O4.C10H14N2O4.C7H9ClN3O2.C7H8ClN2O2.C7H9N3O4.C6H6N2O4/c1-17(2,3)25-16(24)18-11-9-14(21(4)10-11)15(23)26-22-13-8-6-5-7-12(13)19-20-22;1-16(2,3)25-15(24)18-12-9-21(4)13(17-12)14(23)26-22-11-8-6-5-7-10(11)19-20-22;1-11(2,3)17-10(16)12-7-5-8(9(14)15)13(4)6-7;1-10(2,3)16-9(15)12-6-4-7(8(13)14)11-5-6;1-3-13-7(12)6-9-5(10-8)4-11(6)2;1-10-4-5(9-8)3-6(10)7(11)12-2;1-3-14-7(11)6-8-5(10(12)13)4-9(6)2;1-12-6(9)5-2-4(3-7-5)8(10)11/h5-10H,1-4H3,(H,18,24);5-9H,1-4H3,(H,18,24);5-6H,1-4H3,(H,12,16)(H,14,15);4-5,11H,1-3H3,(H,12,15)(H,13,14);4H,3H2,1-2H3;3-4H,1-2H3;4H,3H2,1-2H3;2-3,7H,1H3/q;;;;2*-1;;. The molecular formula is C81H99Cl2N25O28-2. The molecule has 136 heavy (non-hydrogen) atoms. The molecule has 53 nitrogen and oxygen atoms in total. The summed E-state index contributed by atoms with van der Waals surface area (Å²) in [6.45, 7) is 24.9. The number of amides is 4. The second-order valence-corrected chi connectivity index (χ2v) is 31.6. The van der Waals surface area contributed by atoms with Crippen LogP contribution in [0.2, 0.25) is 0 Å². The van der Waals surface area contributed by atoms with Crippen molar-refractivity contribution in [3.05, 3.63) is 204 Å². The van der Waals surface area contributed by atoms with Crippen LogP contribution in [-0.2, 0) is 80.2 Å². The molecule has 4 amide bonds. The highest BCUT2D eigenvalue weighted by molar-refractivity contribution is 6.29. The monoisotopic (exact) mass is 1940 g/mol. The number of nitro groups is 2. The van der Waals surface area contributed by atoms with Crippen LogP contribution in [-0.4, -0.2) is 225 Å². The van der Waals surface area contributed by atoms with Crippen molar-refractivity contribution >= 4 is 164 Å². The van der Waals surface area contributed by atoms with Crippen LogP contribution in [0.15, 0.2) is 128 Å². The average molecular weight is 1940 g/mol. The third-order valence-electron chi connectivity index (χ3n) is 15.6. The van der Waals surface area contributed by atoms with Crippen LogP contribution in [0.4, 0.5) is 65.1 Å². The average Bonchev–Trinajstić information content (AvgIpc) is 1.66. The maximum Gasteiger partial charge on any atom is 0.413 e. The van der Waals surface area contributed by atoms with Crippen molar-refractivity contribution in [1.82, 2.24) is 82.6 Å². The Bertz CT molecular complexity index is 6050. The fraction of sp³-hybridized carbons (Fsp3) is 0.346. The Hall–Kier alpha value is -16.9. The largest absolute Gasteiger partial charge is 0.600 e.